The summed E-state index contributed by atoms with van der Waals surface area (Å²) in [5.41, 5.74) is 2.88. The van der Waals surface area contributed by atoms with Crippen molar-refractivity contribution < 1.29 is 23.8 Å². The maximum absolute atomic E-state index is 12.9. The Balaban J connectivity index is 1.83. The number of carbonyl (C=O) groups excluding carboxylic acids is 2. The molecule has 0 bridgehead atoms. The van der Waals surface area contributed by atoms with E-state index in [1.807, 2.05) is 60.7 Å². The van der Waals surface area contributed by atoms with Gasteiger partial charge in [-0.2, -0.15) is 0 Å². The molecule has 1 aliphatic rings. The molecule has 7 nitrogen and oxygen atoms in total. The quantitative estimate of drug-likeness (QED) is 0.533. The van der Waals surface area contributed by atoms with E-state index in [9.17, 15) is 9.59 Å². The van der Waals surface area contributed by atoms with Gasteiger partial charge in [0, 0.05) is 5.56 Å². The molecule has 0 radical (unpaired) electrons. The number of amides is 2. The van der Waals surface area contributed by atoms with Crippen LogP contribution >= 0.6 is 0 Å². The van der Waals surface area contributed by atoms with Gasteiger partial charge in [-0.25, -0.2) is 9.59 Å². The number of benzene rings is 3. The highest BCUT2D eigenvalue weighted by molar-refractivity contribution is 6.04. The third kappa shape index (κ3) is 4.67. The van der Waals surface area contributed by atoms with Gasteiger partial charge in [0.05, 0.1) is 31.5 Å². The fourth-order valence-electron chi connectivity index (χ4n) is 3.77. The summed E-state index contributed by atoms with van der Waals surface area (Å²) in [4.78, 5) is 25.6. The second-order valence-corrected chi connectivity index (χ2v) is 7.33. The summed E-state index contributed by atoms with van der Waals surface area (Å²) < 4.78 is 16.8. The van der Waals surface area contributed by atoms with E-state index in [1.165, 1.54) is 7.11 Å². The third-order valence-corrected chi connectivity index (χ3v) is 5.31. The van der Waals surface area contributed by atoms with Crippen LogP contribution in [0.15, 0.2) is 84.4 Å². The second-order valence-electron chi connectivity index (χ2n) is 7.33. The number of carbonyl (C=O) groups is 2. The fraction of sp³-hybridized carbons (Fsp3) is 0.154. The fourth-order valence-corrected chi connectivity index (χ4v) is 3.77. The number of esters is 1. The lowest BCUT2D eigenvalue weighted by atomic mass is 9.92. The molecule has 0 fully saturated rings. The molecular formula is C26H24N2O5. The molecule has 0 saturated heterocycles. The van der Waals surface area contributed by atoms with Gasteiger partial charge < -0.3 is 24.8 Å². The highest BCUT2D eigenvalue weighted by Crippen LogP contribution is 2.41. The highest BCUT2D eigenvalue weighted by Gasteiger charge is 2.36. The van der Waals surface area contributed by atoms with Gasteiger partial charge in [0.25, 0.3) is 0 Å². The Morgan fingerprint density at radius 1 is 0.909 bits per heavy atom. The lowest BCUT2D eigenvalue weighted by molar-refractivity contribution is -0.136. The first-order valence-corrected chi connectivity index (χ1v) is 10.4. The number of hydrogen-bond acceptors (Lipinski definition) is 5. The van der Waals surface area contributed by atoms with Crippen molar-refractivity contribution in [3.8, 4) is 11.5 Å². The molecule has 1 unspecified atom stereocenters. The average molecular weight is 444 g/mol. The molecule has 2 amide bonds. The number of hydrogen-bond donors (Lipinski definition) is 2. The van der Waals surface area contributed by atoms with E-state index < -0.39 is 18.0 Å². The molecule has 3 aromatic carbocycles. The molecule has 2 N–H and O–H groups in total. The number of para-hydroxylation sites is 1. The predicted molar refractivity (Wildman–Crippen MR) is 124 cm³/mol. The van der Waals surface area contributed by atoms with Crippen molar-refractivity contribution >= 4 is 17.7 Å². The minimum absolute atomic E-state index is 0.265. The zero-order chi connectivity index (χ0) is 23.2. The van der Waals surface area contributed by atoms with E-state index in [2.05, 4.69) is 10.6 Å². The number of nitrogens with one attached hydrogen (secondary N) is 2. The van der Waals surface area contributed by atoms with Crippen LogP contribution in [0.4, 0.5) is 4.79 Å². The number of ether oxygens (including phenoxy) is 3. The molecule has 7 heteroatoms. The zero-order valence-electron chi connectivity index (χ0n) is 18.3. The lowest BCUT2D eigenvalue weighted by Crippen LogP contribution is -2.45. The van der Waals surface area contributed by atoms with Crippen LogP contribution in [0.3, 0.4) is 0 Å². The van der Waals surface area contributed by atoms with Crippen LogP contribution in [0.25, 0.3) is 5.70 Å². The molecule has 1 heterocycles. The summed E-state index contributed by atoms with van der Waals surface area (Å²) in [5.74, 6) is 0.356. The Labute approximate surface area is 192 Å². The summed E-state index contributed by atoms with van der Waals surface area (Å²) in [6.07, 6.45) is 0. The Hall–Kier alpha value is -4.26. The van der Waals surface area contributed by atoms with Crippen LogP contribution in [0.2, 0.25) is 0 Å². The molecule has 0 aliphatic carbocycles. The standard InChI is InChI=1S/C26H24N2O5/c1-31-20-15-9-14-19(24(20)33-16-17-10-5-3-6-11-17)23-21(25(29)32-2)22(27-26(30)28-23)18-12-7-4-8-13-18/h3-15,23H,16H2,1-2H3,(H2,27,28,30). The van der Waals surface area contributed by atoms with Crippen molar-refractivity contribution in [1.82, 2.24) is 10.6 Å². The van der Waals surface area contributed by atoms with E-state index in [-0.39, 0.29) is 12.2 Å². The largest absolute Gasteiger partial charge is 0.493 e. The summed E-state index contributed by atoms with van der Waals surface area (Å²) in [6, 6.07) is 23.0. The van der Waals surface area contributed by atoms with Crippen LogP contribution in [0, 0.1) is 0 Å². The number of urea groups is 1. The van der Waals surface area contributed by atoms with Crippen LogP contribution in [-0.4, -0.2) is 26.2 Å². The predicted octanol–water partition coefficient (Wildman–Crippen LogP) is 4.21. The second kappa shape index (κ2) is 9.91. The molecule has 168 valence electrons. The van der Waals surface area contributed by atoms with E-state index in [1.54, 1.807) is 25.3 Å². The molecule has 0 spiro atoms. The monoisotopic (exact) mass is 444 g/mol. The molecule has 0 saturated carbocycles. The average Bonchev–Trinajstić information content (AvgIpc) is 2.87. The zero-order valence-corrected chi connectivity index (χ0v) is 18.3. The van der Waals surface area contributed by atoms with Crippen molar-refractivity contribution in [2.45, 2.75) is 12.6 Å². The Bertz CT molecular complexity index is 1180. The summed E-state index contributed by atoms with van der Waals surface area (Å²) >= 11 is 0. The van der Waals surface area contributed by atoms with Crippen LogP contribution in [0.1, 0.15) is 22.7 Å². The lowest BCUT2D eigenvalue weighted by Gasteiger charge is -2.30. The molecule has 1 aliphatic heterocycles. The van der Waals surface area contributed by atoms with Gasteiger partial charge in [-0.3, -0.25) is 0 Å². The van der Waals surface area contributed by atoms with E-state index in [4.69, 9.17) is 14.2 Å². The van der Waals surface area contributed by atoms with Gasteiger partial charge in [-0.05, 0) is 17.2 Å². The van der Waals surface area contributed by atoms with Gasteiger partial charge in [0.1, 0.15) is 6.61 Å². The molecule has 1 atom stereocenters. The first-order valence-electron chi connectivity index (χ1n) is 10.4. The molecular weight excluding hydrogens is 420 g/mol. The highest BCUT2D eigenvalue weighted by atomic mass is 16.5. The van der Waals surface area contributed by atoms with Crippen LogP contribution in [0.5, 0.6) is 11.5 Å². The van der Waals surface area contributed by atoms with Gasteiger partial charge in [-0.15, -0.1) is 0 Å². The topological polar surface area (TPSA) is 85.9 Å². The molecule has 33 heavy (non-hydrogen) atoms. The maximum atomic E-state index is 12.9. The molecule has 4 rings (SSSR count). The van der Waals surface area contributed by atoms with Crippen LogP contribution < -0.4 is 20.1 Å². The van der Waals surface area contributed by atoms with Gasteiger partial charge in [-0.1, -0.05) is 72.8 Å². The smallest absolute Gasteiger partial charge is 0.338 e. The first kappa shape index (κ1) is 22.0. The molecule has 0 aromatic heterocycles. The summed E-state index contributed by atoms with van der Waals surface area (Å²) in [7, 11) is 2.85. The van der Waals surface area contributed by atoms with Gasteiger partial charge in [0.2, 0.25) is 0 Å². The van der Waals surface area contributed by atoms with E-state index >= 15 is 0 Å². The number of rotatable bonds is 7. The van der Waals surface area contributed by atoms with Gasteiger partial charge >= 0.3 is 12.0 Å². The van der Waals surface area contributed by atoms with Crippen molar-refractivity contribution in [3.63, 3.8) is 0 Å². The van der Waals surface area contributed by atoms with E-state index in [0.29, 0.717) is 28.3 Å². The Kier molecular flexibility index (Phi) is 6.59. The van der Waals surface area contributed by atoms with E-state index in [0.717, 1.165) is 5.56 Å². The number of methoxy groups -OCH3 is 2. The van der Waals surface area contributed by atoms with Crippen molar-refractivity contribution in [1.29, 1.82) is 0 Å². The molecule has 3 aromatic rings. The maximum Gasteiger partial charge on any atom is 0.338 e. The SMILES string of the molecule is COC(=O)C1=C(c2ccccc2)NC(=O)NC1c1cccc(OC)c1OCc1ccccc1. The Morgan fingerprint density at radius 2 is 1.61 bits per heavy atom. The summed E-state index contributed by atoms with van der Waals surface area (Å²) in [5, 5.41) is 5.60. The third-order valence-electron chi connectivity index (χ3n) is 5.31. The Morgan fingerprint density at radius 3 is 2.27 bits per heavy atom. The van der Waals surface area contributed by atoms with Crippen LogP contribution in [-0.2, 0) is 16.1 Å². The first-order chi connectivity index (χ1) is 16.1. The van der Waals surface area contributed by atoms with Crippen molar-refractivity contribution in [3.05, 3.63) is 101 Å². The summed E-state index contributed by atoms with van der Waals surface area (Å²) in [6.45, 7) is 0.288. The minimum atomic E-state index is -0.817. The van der Waals surface area contributed by atoms with Crippen molar-refractivity contribution in [2.75, 3.05) is 14.2 Å². The minimum Gasteiger partial charge on any atom is -0.493 e. The normalized spacial score (nSPS) is 15.3. The van der Waals surface area contributed by atoms with Crippen molar-refractivity contribution in [2.24, 2.45) is 0 Å². The van der Waals surface area contributed by atoms with Gasteiger partial charge in [0.15, 0.2) is 11.5 Å².